The molecule has 86 valence electrons. The van der Waals surface area contributed by atoms with Crippen LogP contribution in [0.5, 0.6) is 0 Å². The van der Waals surface area contributed by atoms with Crippen LogP contribution in [0.4, 0.5) is 4.79 Å². The minimum Gasteiger partial charge on any atom is -0.336 e. The number of urea groups is 1. The van der Waals surface area contributed by atoms with E-state index in [0.717, 1.165) is 12.8 Å². The van der Waals surface area contributed by atoms with E-state index in [4.69, 9.17) is 0 Å². The molecule has 1 fully saturated rings. The molecule has 1 aliphatic rings. The standard InChI is InChI=1S/C13H18N2O/c1-10(2)14-12(16)15-13(8-9-13)11-6-4-3-5-7-11/h3-7,10H,8-9H2,1-2H3,(H2,14,15,16). The molecule has 3 nitrogen and oxygen atoms in total. The quantitative estimate of drug-likeness (QED) is 0.803. The van der Waals surface area contributed by atoms with Crippen LogP contribution in [-0.2, 0) is 5.54 Å². The highest BCUT2D eigenvalue weighted by Gasteiger charge is 2.45. The first-order valence-corrected chi connectivity index (χ1v) is 5.77. The first kappa shape index (κ1) is 11.0. The molecule has 0 unspecified atom stereocenters. The van der Waals surface area contributed by atoms with E-state index in [0.29, 0.717) is 0 Å². The van der Waals surface area contributed by atoms with E-state index in [1.165, 1.54) is 5.56 Å². The van der Waals surface area contributed by atoms with Crippen molar-refractivity contribution < 1.29 is 4.79 Å². The highest BCUT2D eigenvalue weighted by atomic mass is 16.2. The lowest BCUT2D eigenvalue weighted by atomic mass is 10.1. The van der Waals surface area contributed by atoms with Crippen molar-refractivity contribution in [1.29, 1.82) is 0 Å². The summed E-state index contributed by atoms with van der Waals surface area (Å²) in [4.78, 5) is 11.7. The van der Waals surface area contributed by atoms with Crippen molar-refractivity contribution in [1.82, 2.24) is 10.6 Å². The third-order valence-corrected chi connectivity index (χ3v) is 2.85. The predicted octanol–water partition coefficient (Wildman–Crippen LogP) is 2.38. The number of rotatable bonds is 3. The molecule has 0 bridgehead atoms. The lowest BCUT2D eigenvalue weighted by Gasteiger charge is -2.19. The second-order valence-electron chi connectivity index (χ2n) is 4.70. The SMILES string of the molecule is CC(C)NC(=O)NC1(c2ccccc2)CC1. The third kappa shape index (κ3) is 2.35. The van der Waals surface area contributed by atoms with Gasteiger partial charge in [0.25, 0.3) is 0 Å². The van der Waals surface area contributed by atoms with Gasteiger partial charge in [0.2, 0.25) is 0 Å². The maximum atomic E-state index is 11.7. The smallest absolute Gasteiger partial charge is 0.315 e. The van der Waals surface area contributed by atoms with Gasteiger partial charge in [-0.1, -0.05) is 30.3 Å². The van der Waals surface area contributed by atoms with Crippen LogP contribution in [0.3, 0.4) is 0 Å². The van der Waals surface area contributed by atoms with Crippen molar-refractivity contribution in [2.45, 2.75) is 38.3 Å². The average molecular weight is 218 g/mol. The zero-order valence-electron chi connectivity index (χ0n) is 9.79. The summed E-state index contributed by atoms with van der Waals surface area (Å²) < 4.78 is 0. The van der Waals surface area contributed by atoms with Gasteiger partial charge in [-0.25, -0.2) is 4.79 Å². The fourth-order valence-corrected chi connectivity index (χ4v) is 1.88. The Balaban J connectivity index is 2.02. The number of benzene rings is 1. The fraction of sp³-hybridized carbons (Fsp3) is 0.462. The Morgan fingerprint density at radius 3 is 2.38 bits per heavy atom. The maximum Gasteiger partial charge on any atom is 0.315 e. The van der Waals surface area contributed by atoms with E-state index in [2.05, 4.69) is 22.8 Å². The lowest BCUT2D eigenvalue weighted by Crippen LogP contribution is -2.44. The van der Waals surface area contributed by atoms with E-state index in [1.807, 2.05) is 32.0 Å². The summed E-state index contributed by atoms with van der Waals surface area (Å²) in [5, 5.41) is 5.92. The molecule has 0 spiro atoms. The molecule has 0 aliphatic heterocycles. The molecule has 0 saturated heterocycles. The number of carbonyl (C=O) groups is 1. The van der Waals surface area contributed by atoms with Gasteiger partial charge in [0.05, 0.1) is 5.54 Å². The van der Waals surface area contributed by atoms with Crippen LogP contribution in [0.2, 0.25) is 0 Å². The van der Waals surface area contributed by atoms with Gasteiger partial charge in [0.1, 0.15) is 0 Å². The topological polar surface area (TPSA) is 41.1 Å². The Morgan fingerprint density at radius 1 is 1.25 bits per heavy atom. The molecule has 1 aromatic rings. The van der Waals surface area contributed by atoms with Crippen molar-refractivity contribution in [2.75, 3.05) is 0 Å². The summed E-state index contributed by atoms with van der Waals surface area (Å²) in [5.74, 6) is 0. The second kappa shape index (κ2) is 4.16. The Bertz CT molecular complexity index is 369. The number of amides is 2. The molecule has 3 heteroatoms. The van der Waals surface area contributed by atoms with Crippen LogP contribution in [0.25, 0.3) is 0 Å². The Morgan fingerprint density at radius 2 is 1.88 bits per heavy atom. The van der Waals surface area contributed by atoms with Gasteiger partial charge in [0, 0.05) is 6.04 Å². The highest BCUT2D eigenvalue weighted by molar-refractivity contribution is 5.76. The normalized spacial score (nSPS) is 16.9. The van der Waals surface area contributed by atoms with Crippen molar-refractivity contribution in [3.8, 4) is 0 Å². The predicted molar refractivity (Wildman–Crippen MR) is 64.2 cm³/mol. The van der Waals surface area contributed by atoms with Crippen LogP contribution in [0.1, 0.15) is 32.3 Å². The first-order valence-electron chi connectivity index (χ1n) is 5.77. The van der Waals surface area contributed by atoms with Gasteiger partial charge in [0.15, 0.2) is 0 Å². The van der Waals surface area contributed by atoms with Crippen LogP contribution in [-0.4, -0.2) is 12.1 Å². The monoisotopic (exact) mass is 218 g/mol. The van der Waals surface area contributed by atoms with Crippen molar-refractivity contribution in [3.63, 3.8) is 0 Å². The molecule has 2 rings (SSSR count). The number of nitrogens with one attached hydrogen (secondary N) is 2. The molecular formula is C13H18N2O. The molecule has 2 amide bonds. The van der Waals surface area contributed by atoms with E-state index >= 15 is 0 Å². The number of hydrogen-bond acceptors (Lipinski definition) is 1. The molecule has 1 aliphatic carbocycles. The molecule has 1 aromatic carbocycles. The lowest BCUT2D eigenvalue weighted by molar-refractivity contribution is 0.233. The second-order valence-corrected chi connectivity index (χ2v) is 4.70. The number of hydrogen-bond donors (Lipinski definition) is 2. The molecule has 0 radical (unpaired) electrons. The minimum atomic E-state index is -0.111. The summed E-state index contributed by atoms with van der Waals surface area (Å²) in [5.41, 5.74) is 1.09. The largest absolute Gasteiger partial charge is 0.336 e. The van der Waals surface area contributed by atoms with Gasteiger partial charge < -0.3 is 10.6 Å². The van der Waals surface area contributed by atoms with Gasteiger partial charge in [-0.15, -0.1) is 0 Å². The van der Waals surface area contributed by atoms with Crippen molar-refractivity contribution >= 4 is 6.03 Å². The summed E-state index contributed by atoms with van der Waals surface area (Å²) in [6.07, 6.45) is 2.06. The van der Waals surface area contributed by atoms with E-state index in [-0.39, 0.29) is 17.6 Å². The maximum absolute atomic E-state index is 11.7. The molecule has 2 N–H and O–H groups in total. The summed E-state index contributed by atoms with van der Waals surface area (Å²) in [7, 11) is 0. The molecular weight excluding hydrogens is 200 g/mol. The molecule has 0 aromatic heterocycles. The summed E-state index contributed by atoms with van der Waals surface area (Å²) in [6.45, 7) is 3.92. The fourth-order valence-electron chi connectivity index (χ4n) is 1.88. The van der Waals surface area contributed by atoms with Crippen LogP contribution in [0.15, 0.2) is 30.3 Å². The first-order chi connectivity index (χ1) is 7.62. The van der Waals surface area contributed by atoms with E-state index < -0.39 is 0 Å². The molecule has 0 atom stereocenters. The van der Waals surface area contributed by atoms with Crippen molar-refractivity contribution in [2.24, 2.45) is 0 Å². The average Bonchev–Trinajstić information content (AvgIpc) is 2.99. The third-order valence-electron chi connectivity index (χ3n) is 2.85. The van der Waals surface area contributed by atoms with Crippen LogP contribution < -0.4 is 10.6 Å². The van der Waals surface area contributed by atoms with E-state index in [1.54, 1.807) is 0 Å². The zero-order chi connectivity index (χ0) is 11.6. The van der Waals surface area contributed by atoms with E-state index in [9.17, 15) is 4.79 Å². The van der Waals surface area contributed by atoms with Gasteiger partial charge in [-0.05, 0) is 32.3 Å². The summed E-state index contributed by atoms with van der Waals surface area (Å²) in [6, 6.07) is 10.3. The Hall–Kier alpha value is -1.51. The molecule has 0 heterocycles. The van der Waals surface area contributed by atoms with Crippen LogP contribution >= 0.6 is 0 Å². The van der Waals surface area contributed by atoms with Crippen LogP contribution in [0, 0.1) is 0 Å². The van der Waals surface area contributed by atoms with Gasteiger partial charge >= 0.3 is 6.03 Å². The molecule has 1 saturated carbocycles. The van der Waals surface area contributed by atoms with Crippen molar-refractivity contribution in [3.05, 3.63) is 35.9 Å². The molecule has 16 heavy (non-hydrogen) atoms. The Kier molecular flexibility index (Phi) is 2.86. The number of carbonyl (C=O) groups excluding carboxylic acids is 1. The zero-order valence-corrected chi connectivity index (χ0v) is 9.79. The minimum absolute atomic E-state index is 0.0728. The summed E-state index contributed by atoms with van der Waals surface area (Å²) >= 11 is 0. The van der Waals surface area contributed by atoms with Gasteiger partial charge in [-0.2, -0.15) is 0 Å². The van der Waals surface area contributed by atoms with Gasteiger partial charge in [-0.3, -0.25) is 0 Å². The highest BCUT2D eigenvalue weighted by Crippen LogP contribution is 2.45. The Labute approximate surface area is 96.2 Å².